The van der Waals surface area contributed by atoms with E-state index in [4.69, 9.17) is 0 Å². The first kappa shape index (κ1) is 20.8. The van der Waals surface area contributed by atoms with Crippen LogP contribution in [-0.4, -0.2) is 33.8 Å². The minimum atomic E-state index is -4.52. The van der Waals surface area contributed by atoms with Gasteiger partial charge in [-0.1, -0.05) is 6.07 Å². The average Bonchev–Trinajstić information content (AvgIpc) is 3.10. The van der Waals surface area contributed by atoms with Gasteiger partial charge in [-0.3, -0.25) is 9.59 Å². The van der Waals surface area contributed by atoms with Crippen molar-refractivity contribution in [1.29, 1.82) is 0 Å². The lowest BCUT2D eigenvalue weighted by atomic mass is 10.2. The number of pyridine rings is 1. The van der Waals surface area contributed by atoms with E-state index in [2.05, 4.69) is 20.1 Å². The van der Waals surface area contributed by atoms with Crippen LogP contribution in [0.4, 0.5) is 18.9 Å². The molecule has 2 heterocycles. The van der Waals surface area contributed by atoms with E-state index in [1.165, 1.54) is 29.9 Å². The van der Waals surface area contributed by atoms with Crippen LogP contribution in [0.5, 0.6) is 0 Å². The number of anilines is 1. The first-order chi connectivity index (χ1) is 14.1. The third kappa shape index (κ3) is 4.09. The third-order valence-electron chi connectivity index (χ3n) is 4.25. The SMILES string of the molecule is COC(=O)c1c[nH]c(=O)c(NC(=O)c2cnn(-c3cccc(C(F)(F)F)c3)c2C)c1. The van der Waals surface area contributed by atoms with E-state index in [-0.39, 0.29) is 28.2 Å². The molecule has 2 N–H and O–H groups in total. The molecule has 3 aromatic rings. The van der Waals surface area contributed by atoms with Crippen LogP contribution in [0.15, 0.2) is 47.5 Å². The Hall–Kier alpha value is -3.89. The van der Waals surface area contributed by atoms with Crippen molar-refractivity contribution in [3.63, 3.8) is 0 Å². The molecule has 0 radical (unpaired) electrons. The Morgan fingerprint density at radius 1 is 1.23 bits per heavy atom. The lowest BCUT2D eigenvalue weighted by Crippen LogP contribution is -2.21. The van der Waals surface area contributed by atoms with Crippen LogP contribution in [0, 0.1) is 6.92 Å². The number of nitrogens with zero attached hydrogens (tertiary/aromatic N) is 2. The molecular formula is C19H15F3N4O4. The van der Waals surface area contributed by atoms with Crippen LogP contribution in [0.1, 0.15) is 32.0 Å². The molecule has 0 saturated heterocycles. The van der Waals surface area contributed by atoms with Crippen LogP contribution in [0.25, 0.3) is 5.69 Å². The normalized spacial score (nSPS) is 11.2. The monoisotopic (exact) mass is 420 g/mol. The van der Waals surface area contributed by atoms with Gasteiger partial charge < -0.3 is 15.0 Å². The number of hydrogen-bond donors (Lipinski definition) is 2. The molecule has 0 spiro atoms. The summed E-state index contributed by atoms with van der Waals surface area (Å²) in [5, 5.41) is 6.35. The van der Waals surface area contributed by atoms with Crippen molar-refractivity contribution < 1.29 is 27.5 Å². The molecule has 0 aliphatic rings. The van der Waals surface area contributed by atoms with E-state index in [0.717, 1.165) is 31.5 Å². The summed E-state index contributed by atoms with van der Waals surface area (Å²) < 4.78 is 44.6. The van der Waals surface area contributed by atoms with Gasteiger partial charge in [0.1, 0.15) is 5.69 Å². The van der Waals surface area contributed by atoms with E-state index in [0.29, 0.717) is 0 Å². The molecule has 30 heavy (non-hydrogen) atoms. The van der Waals surface area contributed by atoms with E-state index in [1.54, 1.807) is 0 Å². The maximum atomic E-state index is 13.0. The predicted molar refractivity (Wildman–Crippen MR) is 99.7 cm³/mol. The Balaban J connectivity index is 1.91. The number of aromatic nitrogens is 3. The van der Waals surface area contributed by atoms with Gasteiger partial charge in [-0.2, -0.15) is 18.3 Å². The van der Waals surface area contributed by atoms with Gasteiger partial charge in [-0.05, 0) is 31.2 Å². The second-order valence-electron chi connectivity index (χ2n) is 6.18. The van der Waals surface area contributed by atoms with Gasteiger partial charge in [-0.25, -0.2) is 9.48 Å². The number of benzene rings is 1. The van der Waals surface area contributed by atoms with Crippen molar-refractivity contribution in [3.8, 4) is 5.69 Å². The molecule has 0 saturated carbocycles. The van der Waals surface area contributed by atoms with Crippen molar-refractivity contribution in [2.75, 3.05) is 12.4 Å². The minimum Gasteiger partial charge on any atom is -0.465 e. The lowest BCUT2D eigenvalue weighted by Gasteiger charge is -2.10. The number of amides is 1. The number of aromatic amines is 1. The van der Waals surface area contributed by atoms with Gasteiger partial charge in [0.2, 0.25) is 0 Å². The number of H-pyrrole nitrogens is 1. The highest BCUT2D eigenvalue weighted by atomic mass is 19.4. The van der Waals surface area contributed by atoms with Crippen molar-refractivity contribution in [3.05, 3.63) is 75.5 Å². The van der Waals surface area contributed by atoms with Crippen molar-refractivity contribution in [2.45, 2.75) is 13.1 Å². The molecule has 8 nitrogen and oxygen atoms in total. The molecule has 3 rings (SSSR count). The molecule has 156 valence electrons. The molecule has 1 aromatic carbocycles. The van der Waals surface area contributed by atoms with E-state index in [9.17, 15) is 27.6 Å². The molecule has 0 atom stereocenters. The molecule has 0 aliphatic carbocycles. The molecule has 0 bridgehead atoms. The zero-order valence-electron chi connectivity index (χ0n) is 15.7. The van der Waals surface area contributed by atoms with Crippen molar-refractivity contribution in [2.24, 2.45) is 0 Å². The Kier molecular flexibility index (Phi) is 5.45. The van der Waals surface area contributed by atoms with Crippen molar-refractivity contribution in [1.82, 2.24) is 14.8 Å². The number of methoxy groups -OCH3 is 1. The van der Waals surface area contributed by atoms with Gasteiger partial charge in [0.15, 0.2) is 0 Å². The summed E-state index contributed by atoms with van der Waals surface area (Å²) in [7, 11) is 1.16. The van der Waals surface area contributed by atoms with Crippen molar-refractivity contribution >= 4 is 17.6 Å². The number of alkyl halides is 3. The molecule has 1 amide bonds. The summed E-state index contributed by atoms with van der Waals surface area (Å²) in [4.78, 5) is 38.4. The Bertz CT molecular complexity index is 1180. The van der Waals surface area contributed by atoms with E-state index in [1.807, 2.05) is 0 Å². The zero-order chi connectivity index (χ0) is 22.1. The highest BCUT2D eigenvalue weighted by molar-refractivity contribution is 6.05. The highest BCUT2D eigenvalue weighted by Gasteiger charge is 2.30. The number of esters is 1. The van der Waals surface area contributed by atoms with Gasteiger partial charge in [0.25, 0.3) is 11.5 Å². The number of ether oxygens (including phenoxy) is 1. The third-order valence-corrected chi connectivity index (χ3v) is 4.25. The van der Waals surface area contributed by atoms with Gasteiger partial charge in [0.05, 0.1) is 41.4 Å². The number of carbonyl (C=O) groups excluding carboxylic acids is 2. The fraction of sp³-hybridized carbons (Fsp3) is 0.158. The summed E-state index contributed by atoms with van der Waals surface area (Å²) in [6.07, 6.45) is -2.22. The highest BCUT2D eigenvalue weighted by Crippen LogP contribution is 2.30. The molecule has 0 aliphatic heterocycles. The van der Waals surface area contributed by atoms with Crippen LogP contribution in [0.2, 0.25) is 0 Å². The molecule has 11 heteroatoms. The fourth-order valence-corrected chi connectivity index (χ4v) is 2.71. The number of rotatable bonds is 4. The largest absolute Gasteiger partial charge is 0.465 e. The number of hydrogen-bond acceptors (Lipinski definition) is 5. The van der Waals surface area contributed by atoms with Gasteiger partial charge in [0, 0.05) is 6.20 Å². The summed E-state index contributed by atoms with van der Waals surface area (Å²) >= 11 is 0. The van der Waals surface area contributed by atoms with Crippen LogP contribution >= 0.6 is 0 Å². The Labute approximate surface area is 167 Å². The smallest absolute Gasteiger partial charge is 0.416 e. The standard InChI is InChI=1S/C19H15F3N4O4/c1-10-14(9-24-26(10)13-5-3-4-12(7-13)19(20,21)22)16(27)25-15-6-11(18(29)30-2)8-23-17(15)28/h3-9H,1-2H3,(H,23,28)(H,25,27). The minimum absolute atomic E-state index is 0.0174. The number of carbonyl (C=O) groups is 2. The van der Waals surface area contributed by atoms with Crippen LogP contribution in [-0.2, 0) is 10.9 Å². The number of halogens is 3. The fourth-order valence-electron chi connectivity index (χ4n) is 2.71. The second-order valence-corrected chi connectivity index (χ2v) is 6.18. The second kappa shape index (κ2) is 7.85. The summed E-state index contributed by atoms with van der Waals surface area (Å²) in [6.45, 7) is 1.50. The first-order valence-corrected chi connectivity index (χ1v) is 8.46. The lowest BCUT2D eigenvalue weighted by molar-refractivity contribution is -0.137. The molecule has 2 aromatic heterocycles. The molecule has 0 fully saturated rings. The zero-order valence-corrected chi connectivity index (χ0v) is 15.7. The Morgan fingerprint density at radius 2 is 1.97 bits per heavy atom. The maximum absolute atomic E-state index is 13.0. The molecular weight excluding hydrogens is 405 g/mol. The topological polar surface area (TPSA) is 106 Å². The van der Waals surface area contributed by atoms with Crippen LogP contribution in [0.3, 0.4) is 0 Å². The molecule has 0 unspecified atom stereocenters. The Morgan fingerprint density at radius 3 is 2.63 bits per heavy atom. The van der Waals surface area contributed by atoms with Crippen LogP contribution < -0.4 is 10.9 Å². The quantitative estimate of drug-likeness (QED) is 0.632. The number of nitrogens with one attached hydrogen (secondary N) is 2. The van der Waals surface area contributed by atoms with E-state index < -0.39 is 29.2 Å². The first-order valence-electron chi connectivity index (χ1n) is 8.46. The predicted octanol–water partition coefficient (Wildman–Crippen LogP) is 2.93. The summed E-state index contributed by atoms with van der Waals surface area (Å²) in [5.41, 5.74) is -1.28. The maximum Gasteiger partial charge on any atom is 0.416 e. The van der Waals surface area contributed by atoms with Gasteiger partial charge >= 0.3 is 12.1 Å². The average molecular weight is 420 g/mol. The van der Waals surface area contributed by atoms with E-state index >= 15 is 0 Å². The van der Waals surface area contributed by atoms with Gasteiger partial charge in [-0.15, -0.1) is 0 Å². The summed E-state index contributed by atoms with van der Waals surface area (Å²) in [5.74, 6) is -1.44. The summed E-state index contributed by atoms with van der Waals surface area (Å²) in [6, 6.07) is 5.64.